The van der Waals surface area contributed by atoms with Gasteiger partial charge >= 0.3 is 0 Å². The fourth-order valence-electron chi connectivity index (χ4n) is 2.08. The molecule has 0 radical (unpaired) electrons. The Morgan fingerprint density at radius 1 is 1.30 bits per heavy atom. The van der Waals surface area contributed by atoms with Crippen LogP contribution in [0.1, 0.15) is 21.7 Å². The van der Waals surface area contributed by atoms with E-state index < -0.39 is 0 Å². The molecule has 0 aliphatic rings. The molecule has 1 N–H and O–H groups in total. The molecule has 0 spiro atoms. The quantitative estimate of drug-likeness (QED) is 0.799. The van der Waals surface area contributed by atoms with Crippen molar-refractivity contribution in [2.24, 2.45) is 0 Å². The smallest absolute Gasteiger partial charge is 0.273 e. The minimum Gasteiger partial charge on any atom is -0.345 e. The maximum Gasteiger partial charge on any atom is 0.273 e. The minimum absolute atomic E-state index is 0.236. The minimum atomic E-state index is -0.304. The first-order valence-corrected chi connectivity index (χ1v) is 7.38. The van der Waals surface area contributed by atoms with Gasteiger partial charge in [-0.25, -0.2) is 4.68 Å². The lowest BCUT2D eigenvalue weighted by molar-refractivity contribution is 0.0945. The SMILES string of the molecule is Cc1ccc(Cl)cc1-n1cc(C(=O)NCc2ccccn2)nn1. The molecular weight excluding hydrogens is 314 g/mol. The summed E-state index contributed by atoms with van der Waals surface area (Å²) in [5.74, 6) is -0.304. The molecule has 2 heterocycles. The molecule has 23 heavy (non-hydrogen) atoms. The second-order valence-corrected chi connectivity index (χ2v) is 5.42. The van der Waals surface area contributed by atoms with Crippen LogP contribution in [0.4, 0.5) is 0 Å². The normalized spacial score (nSPS) is 10.5. The van der Waals surface area contributed by atoms with Crippen molar-refractivity contribution >= 4 is 17.5 Å². The molecule has 0 atom stereocenters. The van der Waals surface area contributed by atoms with Gasteiger partial charge in [0.2, 0.25) is 0 Å². The molecule has 0 fully saturated rings. The lowest BCUT2D eigenvalue weighted by atomic mass is 10.2. The van der Waals surface area contributed by atoms with E-state index in [0.29, 0.717) is 11.6 Å². The Bertz CT molecular complexity index is 831. The highest BCUT2D eigenvalue weighted by Gasteiger charge is 2.12. The van der Waals surface area contributed by atoms with Gasteiger partial charge in [-0.15, -0.1) is 5.10 Å². The summed E-state index contributed by atoms with van der Waals surface area (Å²) < 4.78 is 1.54. The van der Waals surface area contributed by atoms with Gasteiger partial charge in [0.15, 0.2) is 5.69 Å². The molecule has 0 aliphatic carbocycles. The van der Waals surface area contributed by atoms with Crippen LogP contribution in [0.15, 0.2) is 48.8 Å². The van der Waals surface area contributed by atoms with Gasteiger partial charge in [0.25, 0.3) is 5.91 Å². The van der Waals surface area contributed by atoms with E-state index in [1.54, 1.807) is 24.5 Å². The molecule has 6 nitrogen and oxygen atoms in total. The van der Waals surface area contributed by atoms with Crippen LogP contribution in [-0.2, 0) is 6.54 Å². The number of carbonyl (C=O) groups is 1. The predicted molar refractivity (Wildman–Crippen MR) is 86.5 cm³/mol. The van der Waals surface area contributed by atoms with Gasteiger partial charge in [-0.05, 0) is 36.8 Å². The number of pyridine rings is 1. The van der Waals surface area contributed by atoms with Crippen LogP contribution in [0.25, 0.3) is 5.69 Å². The van der Waals surface area contributed by atoms with Crippen LogP contribution < -0.4 is 5.32 Å². The van der Waals surface area contributed by atoms with Gasteiger partial charge in [0, 0.05) is 11.2 Å². The molecule has 1 amide bonds. The van der Waals surface area contributed by atoms with E-state index in [9.17, 15) is 4.79 Å². The number of amides is 1. The molecule has 0 saturated heterocycles. The zero-order valence-electron chi connectivity index (χ0n) is 12.4. The fraction of sp³-hybridized carbons (Fsp3) is 0.125. The standard InChI is InChI=1S/C16H14ClN5O/c1-11-5-6-12(17)8-15(11)22-10-14(20-21-22)16(23)19-9-13-4-2-3-7-18-13/h2-8,10H,9H2,1H3,(H,19,23). The number of rotatable bonds is 4. The lowest BCUT2D eigenvalue weighted by Crippen LogP contribution is -2.23. The maximum atomic E-state index is 12.1. The number of nitrogens with one attached hydrogen (secondary N) is 1. The molecule has 0 aliphatic heterocycles. The molecular formula is C16H14ClN5O. The molecule has 2 aromatic heterocycles. The van der Waals surface area contributed by atoms with E-state index >= 15 is 0 Å². The average Bonchev–Trinajstić information content (AvgIpc) is 3.06. The molecule has 1 aromatic carbocycles. The molecule has 7 heteroatoms. The van der Waals surface area contributed by atoms with Crippen molar-refractivity contribution in [2.75, 3.05) is 0 Å². The molecule has 116 valence electrons. The molecule has 0 saturated carbocycles. The number of aryl methyl sites for hydroxylation is 1. The van der Waals surface area contributed by atoms with E-state index in [2.05, 4.69) is 20.6 Å². The van der Waals surface area contributed by atoms with Gasteiger partial charge in [-0.2, -0.15) is 0 Å². The Kier molecular flexibility index (Phi) is 4.34. The third kappa shape index (κ3) is 3.54. The lowest BCUT2D eigenvalue weighted by Gasteiger charge is -2.04. The van der Waals surface area contributed by atoms with Crippen LogP contribution in [0.2, 0.25) is 5.02 Å². The van der Waals surface area contributed by atoms with Crippen LogP contribution in [0.3, 0.4) is 0 Å². The summed E-state index contributed by atoms with van der Waals surface area (Å²) in [5.41, 5.74) is 2.78. The van der Waals surface area contributed by atoms with Crippen molar-refractivity contribution in [1.82, 2.24) is 25.3 Å². The van der Waals surface area contributed by atoms with E-state index in [4.69, 9.17) is 11.6 Å². The first-order chi connectivity index (χ1) is 11.1. The molecule has 3 rings (SSSR count). The van der Waals surface area contributed by atoms with Crippen molar-refractivity contribution in [1.29, 1.82) is 0 Å². The summed E-state index contributed by atoms with van der Waals surface area (Å²) in [7, 11) is 0. The third-order valence-corrected chi connectivity index (χ3v) is 3.54. The number of nitrogens with zero attached hydrogens (tertiary/aromatic N) is 4. The highest BCUT2D eigenvalue weighted by molar-refractivity contribution is 6.30. The van der Waals surface area contributed by atoms with E-state index in [0.717, 1.165) is 16.9 Å². The van der Waals surface area contributed by atoms with E-state index in [-0.39, 0.29) is 11.6 Å². The number of halogens is 1. The topological polar surface area (TPSA) is 72.7 Å². The molecule has 0 bridgehead atoms. The predicted octanol–water partition coefficient (Wildman–Crippen LogP) is 2.55. The van der Waals surface area contributed by atoms with Gasteiger partial charge in [0.05, 0.1) is 24.1 Å². The van der Waals surface area contributed by atoms with Crippen molar-refractivity contribution in [3.63, 3.8) is 0 Å². The van der Waals surface area contributed by atoms with E-state index in [1.807, 2.05) is 31.2 Å². The second-order valence-electron chi connectivity index (χ2n) is 4.98. The average molecular weight is 328 g/mol. The van der Waals surface area contributed by atoms with Crippen LogP contribution in [0.5, 0.6) is 0 Å². The number of carbonyl (C=O) groups excluding carboxylic acids is 1. The summed E-state index contributed by atoms with van der Waals surface area (Å²) in [4.78, 5) is 16.3. The maximum absolute atomic E-state index is 12.1. The highest BCUT2D eigenvalue weighted by atomic mass is 35.5. The number of aromatic nitrogens is 4. The Labute approximate surface area is 138 Å². The summed E-state index contributed by atoms with van der Waals surface area (Å²) in [6, 6.07) is 11.0. The summed E-state index contributed by atoms with van der Waals surface area (Å²) in [6.45, 7) is 2.27. The van der Waals surface area contributed by atoms with Crippen molar-refractivity contribution in [3.8, 4) is 5.69 Å². The Morgan fingerprint density at radius 2 is 2.17 bits per heavy atom. The number of hydrogen-bond donors (Lipinski definition) is 1. The van der Waals surface area contributed by atoms with Crippen molar-refractivity contribution in [2.45, 2.75) is 13.5 Å². The van der Waals surface area contributed by atoms with Gasteiger partial charge in [0.1, 0.15) is 0 Å². The second kappa shape index (κ2) is 6.58. The van der Waals surface area contributed by atoms with Gasteiger partial charge < -0.3 is 5.32 Å². The van der Waals surface area contributed by atoms with Crippen molar-refractivity contribution in [3.05, 3.63) is 70.8 Å². The molecule has 0 unspecified atom stereocenters. The van der Waals surface area contributed by atoms with Crippen LogP contribution >= 0.6 is 11.6 Å². The number of hydrogen-bond acceptors (Lipinski definition) is 4. The Morgan fingerprint density at radius 3 is 2.96 bits per heavy atom. The number of benzene rings is 1. The first-order valence-electron chi connectivity index (χ1n) is 7.00. The summed E-state index contributed by atoms with van der Waals surface area (Å²) in [5, 5.41) is 11.3. The largest absolute Gasteiger partial charge is 0.345 e. The van der Waals surface area contributed by atoms with E-state index in [1.165, 1.54) is 4.68 Å². The monoisotopic (exact) mass is 327 g/mol. The van der Waals surface area contributed by atoms with Crippen molar-refractivity contribution < 1.29 is 4.79 Å². The highest BCUT2D eigenvalue weighted by Crippen LogP contribution is 2.18. The van der Waals surface area contributed by atoms with Crippen LogP contribution in [0, 0.1) is 6.92 Å². The zero-order valence-corrected chi connectivity index (χ0v) is 13.2. The fourth-order valence-corrected chi connectivity index (χ4v) is 2.25. The Hall–Kier alpha value is -2.73. The third-order valence-electron chi connectivity index (χ3n) is 3.30. The first kappa shape index (κ1) is 15.2. The van der Waals surface area contributed by atoms with Gasteiger partial charge in [-0.3, -0.25) is 9.78 Å². The zero-order chi connectivity index (χ0) is 16.2. The molecule has 3 aromatic rings. The summed E-state index contributed by atoms with van der Waals surface area (Å²) >= 11 is 6.01. The Balaban J connectivity index is 1.74. The van der Waals surface area contributed by atoms with Gasteiger partial charge in [-0.1, -0.05) is 28.9 Å². The summed E-state index contributed by atoms with van der Waals surface area (Å²) in [6.07, 6.45) is 3.26. The van der Waals surface area contributed by atoms with Crippen LogP contribution in [-0.4, -0.2) is 25.9 Å².